The maximum absolute atomic E-state index is 12.4. The molecule has 0 aromatic carbocycles. The quantitative estimate of drug-likeness (QED) is 0.501. The van der Waals surface area contributed by atoms with Crippen molar-refractivity contribution in [3.05, 3.63) is 0 Å². The van der Waals surface area contributed by atoms with E-state index >= 15 is 0 Å². The standard InChI is InChI=1S/C22H35BO.C2H6.H2/c1-14-8-10-21(2)15(12-14)4-5-16-17-6-7-19(20(24)13-23)22(17,3)11-9-18(16)21;1-2;/h14-19H,4-13H2,1-3H3;1-2H3;1H/t14-,15?,16-,17?,18?,19+,21-,22-;;/m0../s1. The van der Waals surface area contributed by atoms with Crippen molar-refractivity contribution in [1.29, 1.82) is 0 Å². The predicted molar refractivity (Wildman–Crippen MR) is 113 cm³/mol. The van der Waals surface area contributed by atoms with Gasteiger partial charge in [-0.3, -0.25) is 0 Å². The van der Waals surface area contributed by atoms with Crippen molar-refractivity contribution in [3.63, 3.8) is 0 Å². The molecule has 0 bridgehead atoms. The molecule has 4 aliphatic rings. The van der Waals surface area contributed by atoms with Crippen LogP contribution >= 0.6 is 0 Å². The van der Waals surface area contributed by atoms with Crippen molar-refractivity contribution >= 4 is 13.6 Å². The summed E-state index contributed by atoms with van der Waals surface area (Å²) in [6.45, 7) is 11.5. The minimum atomic E-state index is 0. The summed E-state index contributed by atoms with van der Waals surface area (Å²) < 4.78 is 0. The summed E-state index contributed by atoms with van der Waals surface area (Å²) in [5.74, 6) is 5.09. The fourth-order valence-corrected chi connectivity index (χ4v) is 8.14. The largest absolute Gasteiger partial charge is 0.300 e. The van der Waals surface area contributed by atoms with Crippen molar-refractivity contribution in [1.82, 2.24) is 0 Å². The van der Waals surface area contributed by atoms with Crippen LogP contribution in [0.3, 0.4) is 0 Å². The number of fused-ring (bicyclic) bond motifs is 5. The second-order valence-electron chi connectivity index (χ2n) is 10.4. The summed E-state index contributed by atoms with van der Waals surface area (Å²) in [7, 11) is 5.74. The van der Waals surface area contributed by atoms with Gasteiger partial charge in [0.2, 0.25) is 0 Å². The molecule has 2 radical (unpaired) electrons. The van der Waals surface area contributed by atoms with Crippen LogP contribution < -0.4 is 0 Å². The molecule has 0 aromatic heterocycles. The summed E-state index contributed by atoms with van der Waals surface area (Å²) >= 11 is 0. The van der Waals surface area contributed by atoms with E-state index in [0.29, 0.717) is 11.2 Å². The topological polar surface area (TPSA) is 17.1 Å². The molecule has 3 unspecified atom stereocenters. The lowest BCUT2D eigenvalue weighted by Crippen LogP contribution is -2.53. The van der Waals surface area contributed by atoms with Gasteiger partial charge in [0.1, 0.15) is 5.78 Å². The van der Waals surface area contributed by atoms with E-state index in [1.807, 2.05) is 13.8 Å². The van der Waals surface area contributed by atoms with Crippen molar-refractivity contribution in [2.75, 3.05) is 0 Å². The zero-order valence-electron chi connectivity index (χ0n) is 18.0. The molecule has 0 spiro atoms. The molecule has 148 valence electrons. The average Bonchev–Trinajstić information content (AvgIpc) is 3.00. The van der Waals surface area contributed by atoms with Crippen LogP contribution in [0, 0.1) is 46.3 Å². The molecule has 0 N–H and O–H groups in total. The van der Waals surface area contributed by atoms with Crippen molar-refractivity contribution in [2.24, 2.45) is 46.3 Å². The van der Waals surface area contributed by atoms with E-state index in [2.05, 4.69) is 20.8 Å². The summed E-state index contributed by atoms with van der Waals surface area (Å²) in [6.07, 6.45) is 12.5. The van der Waals surface area contributed by atoms with E-state index in [9.17, 15) is 4.79 Å². The predicted octanol–water partition coefficient (Wildman–Crippen LogP) is 6.71. The molecule has 0 aliphatic heterocycles. The van der Waals surface area contributed by atoms with E-state index in [0.717, 1.165) is 36.0 Å². The smallest absolute Gasteiger partial charge is 0.128 e. The number of hydrogen-bond acceptors (Lipinski definition) is 1. The minimum absolute atomic E-state index is 0. The molecule has 4 rings (SSSR count). The number of rotatable bonds is 2. The van der Waals surface area contributed by atoms with Crippen LogP contribution in [-0.4, -0.2) is 13.6 Å². The lowest BCUT2D eigenvalue weighted by molar-refractivity contribution is -0.135. The average molecular weight is 358 g/mol. The highest BCUT2D eigenvalue weighted by Crippen LogP contribution is 2.67. The van der Waals surface area contributed by atoms with Crippen LogP contribution in [-0.2, 0) is 4.79 Å². The molecule has 0 saturated heterocycles. The molecule has 0 amide bonds. The van der Waals surface area contributed by atoms with Gasteiger partial charge in [-0.15, -0.1) is 0 Å². The van der Waals surface area contributed by atoms with Gasteiger partial charge in [0, 0.05) is 7.34 Å². The Labute approximate surface area is 165 Å². The van der Waals surface area contributed by atoms with Gasteiger partial charge >= 0.3 is 0 Å². The Hall–Kier alpha value is -0.265. The van der Waals surface area contributed by atoms with Crippen molar-refractivity contribution in [2.45, 2.75) is 98.7 Å². The molecule has 8 atom stereocenters. The van der Waals surface area contributed by atoms with Gasteiger partial charge < -0.3 is 4.79 Å². The third kappa shape index (κ3) is 3.02. The highest BCUT2D eigenvalue weighted by atomic mass is 16.1. The van der Waals surface area contributed by atoms with Crippen LogP contribution in [0.2, 0.25) is 6.32 Å². The van der Waals surface area contributed by atoms with Gasteiger partial charge in [0.15, 0.2) is 0 Å². The molecule has 4 saturated carbocycles. The maximum atomic E-state index is 12.4. The fraction of sp³-hybridized carbons (Fsp3) is 0.958. The van der Waals surface area contributed by atoms with Crippen molar-refractivity contribution < 1.29 is 6.22 Å². The third-order valence-electron chi connectivity index (χ3n) is 9.52. The second kappa shape index (κ2) is 7.63. The summed E-state index contributed by atoms with van der Waals surface area (Å²) in [6, 6.07) is 0. The van der Waals surface area contributed by atoms with Crippen LogP contribution in [0.25, 0.3) is 0 Å². The van der Waals surface area contributed by atoms with Gasteiger partial charge in [0.25, 0.3) is 0 Å². The van der Waals surface area contributed by atoms with E-state index in [1.165, 1.54) is 51.4 Å². The molecular formula is C24H43BO. The monoisotopic (exact) mass is 358 g/mol. The molecule has 1 nitrogen and oxygen atoms in total. The van der Waals surface area contributed by atoms with Gasteiger partial charge in [0.05, 0.1) is 7.85 Å². The lowest BCUT2D eigenvalue weighted by Gasteiger charge is -2.61. The molecule has 0 heterocycles. The van der Waals surface area contributed by atoms with E-state index in [1.54, 1.807) is 0 Å². The zero-order chi connectivity index (χ0) is 19.1. The third-order valence-corrected chi connectivity index (χ3v) is 9.52. The molecule has 2 heteroatoms. The lowest BCUT2D eigenvalue weighted by atomic mass is 9.44. The van der Waals surface area contributed by atoms with Gasteiger partial charge in [-0.05, 0) is 98.1 Å². The van der Waals surface area contributed by atoms with Crippen LogP contribution in [0.1, 0.15) is 93.8 Å². The van der Waals surface area contributed by atoms with Gasteiger partial charge in [-0.2, -0.15) is 0 Å². The molecule has 4 fully saturated rings. The molecule has 26 heavy (non-hydrogen) atoms. The Balaban J connectivity index is 0.000000844. The normalized spacial score (nSPS) is 49.9. The van der Waals surface area contributed by atoms with Crippen LogP contribution in [0.5, 0.6) is 0 Å². The summed E-state index contributed by atoms with van der Waals surface area (Å²) in [4.78, 5) is 12.4. The van der Waals surface area contributed by atoms with Crippen LogP contribution in [0.15, 0.2) is 0 Å². The molecular weight excluding hydrogens is 315 g/mol. The minimum Gasteiger partial charge on any atom is -0.300 e. The SMILES string of the molecule is CC.[B]CC(=O)[C@H]1CCC2[C@@H]3CCC4C[C@@H](C)CC[C@]4(C)C3CC[C@@]21C.[HH]. The number of Topliss-reactive ketones (excluding diaryl/α,β-unsaturated/α-hetero) is 1. The van der Waals surface area contributed by atoms with Gasteiger partial charge in [-0.25, -0.2) is 0 Å². The first-order valence-electron chi connectivity index (χ1n) is 11.6. The number of hydrogen-bond donors (Lipinski definition) is 0. The Morgan fingerprint density at radius 2 is 1.62 bits per heavy atom. The fourth-order valence-electron chi connectivity index (χ4n) is 8.14. The first-order valence-corrected chi connectivity index (χ1v) is 11.6. The van der Waals surface area contributed by atoms with Crippen molar-refractivity contribution in [3.8, 4) is 0 Å². The van der Waals surface area contributed by atoms with E-state index in [-0.39, 0.29) is 19.1 Å². The molecule has 0 aromatic rings. The van der Waals surface area contributed by atoms with Gasteiger partial charge in [-0.1, -0.05) is 41.0 Å². The highest BCUT2D eigenvalue weighted by Gasteiger charge is 2.60. The maximum Gasteiger partial charge on any atom is 0.128 e. The number of ketones is 1. The Morgan fingerprint density at radius 3 is 2.31 bits per heavy atom. The number of carbonyl (C=O) groups is 1. The molecule has 4 aliphatic carbocycles. The first kappa shape index (κ1) is 20.5. The highest BCUT2D eigenvalue weighted by molar-refractivity contribution is 6.20. The number of carbonyl (C=O) groups excluding carboxylic acids is 1. The zero-order valence-corrected chi connectivity index (χ0v) is 18.0. The second-order valence-corrected chi connectivity index (χ2v) is 10.4. The first-order chi connectivity index (χ1) is 12.4. The van der Waals surface area contributed by atoms with Crippen LogP contribution in [0.4, 0.5) is 0 Å². The van der Waals surface area contributed by atoms with E-state index in [4.69, 9.17) is 7.85 Å². The Kier molecular flexibility index (Phi) is 6.01. The summed E-state index contributed by atoms with van der Waals surface area (Å²) in [5, 5.41) is 0. The van der Waals surface area contributed by atoms with E-state index < -0.39 is 0 Å². The Morgan fingerprint density at radius 1 is 0.962 bits per heavy atom. The summed E-state index contributed by atoms with van der Waals surface area (Å²) in [5.41, 5.74) is 0.843. The Bertz CT molecular complexity index is 523.